The molecule has 0 bridgehead atoms. The molecule has 0 fully saturated rings. The second kappa shape index (κ2) is 10.6. The third-order valence-corrected chi connectivity index (χ3v) is 6.61. The number of sulfonamides is 1. The number of hydrogen-bond donors (Lipinski definition) is 2. The summed E-state index contributed by atoms with van der Waals surface area (Å²) in [5.41, 5.74) is 4.17. The SMILES string of the molecule is COc1ccc(N(CC(=O)N/N=C\c2ccc(C(=O)O)cc2)S(=O)(=O)c2ccc(C)cc2)cc1. The molecule has 0 spiro atoms. The standard InChI is InChI=1S/C24H23N3O6S/c1-17-3-13-22(14-4-17)34(31,32)27(20-9-11-21(33-2)12-10-20)16-23(28)26-25-15-18-5-7-19(8-6-18)24(29)30/h3-15H,16H2,1-2H3,(H,26,28)(H,29,30)/b25-15-. The van der Waals surface area contributed by atoms with Crippen LogP contribution in [0.15, 0.2) is 82.8 Å². The number of ether oxygens (including phenoxy) is 1. The van der Waals surface area contributed by atoms with E-state index in [0.717, 1.165) is 9.87 Å². The number of rotatable bonds is 9. The van der Waals surface area contributed by atoms with E-state index in [9.17, 15) is 18.0 Å². The first kappa shape index (κ1) is 24.5. The van der Waals surface area contributed by atoms with Gasteiger partial charge in [-0.1, -0.05) is 29.8 Å². The van der Waals surface area contributed by atoms with Crippen molar-refractivity contribution in [3.05, 3.63) is 89.5 Å². The maximum atomic E-state index is 13.3. The number of anilines is 1. The normalized spacial score (nSPS) is 11.2. The number of aryl methyl sites for hydroxylation is 1. The number of carboxylic acids is 1. The molecule has 9 nitrogen and oxygen atoms in total. The van der Waals surface area contributed by atoms with Crippen LogP contribution in [0.4, 0.5) is 5.69 Å². The molecule has 0 aromatic heterocycles. The lowest BCUT2D eigenvalue weighted by molar-refractivity contribution is -0.119. The molecule has 0 aliphatic heterocycles. The van der Waals surface area contributed by atoms with Crippen molar-refractivity contribution in [2.24, 2.45) is 5.10 Å². The first-order valence-electron chi connectivity index (χ1n) is 10.1. The number of hydrazone groups is 1. The minimum absolute atomic E-state index is 0.0451. The summed E-state index contributed by atoms with van der Waals surface area (Å²) in [6, 6.07) is 18.5. The largest absolute Gasteiger partial charge is 0.497 e. The Morgan fingerprint density at radius 1 is 1.00 bits per heavy atom. The Kier molecular flexibility index (Phi) is 7.64. The molecule has 0 unspecified atom stereocenters. The summed E-state index contributed by atoms with van der Waals surface area (Å²) in [7, 11) is -2.55. The second-order valence-corrected chi connectivity index (χ2v) is 9.11. The van der Waals surface area contributed by atoms with Crippen molar-refractivity contribution in [3.8, 4) is 5.75 Å². The molecule has 0 saturated heterocycles. The van der Waals surface area contributed by atoms with Gasteiger partial charge in [-0.05, 0) is 61.0 Å². The van der Waals surface area contributed by atoms with E-state index in [1.807, 2.05) is 6.92 Å². The van der Waals surface area contributed by atoms with Crippen LogP contribution in [0.25, 0.3) is 0 Å². The molecule has 34 heavy (non-hydrogen) atoms. The van der Waals surface area contributed by atoms with Crippen molar-refractivity contribution < 1.29 is 27.9 Å². The third-order valence-electron chi connectivity index (χ3n) is 4.82. The molecule has 3 aromatic rings. The molecular formula is C24H23N3O6S. The van der Waals surface area contributed by atoms with Crippen LogP contribution in [-0.2, 0) is 14.8 Å². The van der Waals surface area contributed by atoms with Crippen molar-refractivity contribution in [2.45, 2.75) is 11.8 Å². The van der Waals surface area contributed by atoms with Gasteiger partial charge in [-0.15, -0.1) is 0 Å². The Morgan fingerprint density at radius 2 is 1.62 bits per heavy atom. The number of carboxylic acid groups (broad SMARTS) is 1. The number of benzene rings is 3. The quantitative estimate of drug-likeness (QED) is 0.357. The fraction of sp³-hybridized carbons (Fsp3) is 0.125. The molecule has 0 heterocycles. The minimum Gasteiger partial charge on any atom is -0.497 e. The minimum atomic E-state index is -4.05. The predicted octanol–water partition coefficient (Wildman–Crippen LogP) is 3.05. The van der Waals surface area contributed by atoms with Crippen LogP contribution >= 0.6 is 0 Å². The monoisotopic (exact) mass is 481 g/mol. The van der Waals surface area contributed by atoms with Crippen molar-refractivity contribution in [1.82, 2.24) is 5.43 Å². The molecule has 0 radical (unpaired) electrons. The van der Waals surface area contributed by atoms with E-state index in [4.69, 9.17) is 9.84 Å². The van der Waals surface area contributed by atoms with Crippen LogP contribution in [0.1, 0.15) is 21.5 Å². The second-order valence-electron chi connectivity index (χ2n) is 7.24. The number of carbonyl (C=O) groups is 2. The lowest BCUT2D eigenvalue weighted by atomic mass is 10.1. The average Bonchev–Trinajstić information content (AvgIpc) is 2.83. The summed E-state index contributed by atoms with van der Waals surface area (Å²) in [6.07, 6.45) is 1.33. The molecule has 0 aliphatic carbocycles. The average molecular weight is 482 g/mol. The molecule has 176 valence electrons. The van der Waals surface area contributed by atoms with Crippen LogP contribution in [0.5, 0.6) is 5.75 Å². The zero-order valence-corrected chi connectivity index (χ0v) is 19.3. The van der Waals surface area contributed by atoms with E-state index in [2.05, 4.69) is 10.5 Å². The van der Waals surface area contributed by atoms with Crippen molar-refractivity contribution in [1.29, 1.82) is 0 Å². The Balaban J connectivity index is 1.80. The molecule has 1 amide bonds. The molecular weight excluding hydrogens is 458 g/mol. The van der Waals surface area contributed by atoms with Gasteiger partial charge < -0.3 is 9.84 Å². The van der Waals surface area contributed by atoms with Crippen molar-refractivity contribution in [2.75, 3.05) is 18.0 Å². The maximum absolute atomic E-state index is 13.3. The van der Waals surface area contributed by atoms with E-state index in [1.54, 1.807) is 36.4 Å². The Hall–Kier alpha value is -4.18. The highest BCUT2D eigenvalue weighted by atomic mass is 32.2. The summed E-state index contributed by atoms with van der Waals surface area (Å²) in [5.74, 6) is -1.17. The fourth-order valence-corrected chi connectivity index (χ4v) is 4.38. The Labute approximate surface area is 197 Å². The summed E-state index contributed by atoms with van der Waals surface area (Å²) in [4.78, 5) is 23.5. The predicted molar refractivity (Wildman–Crippen MR) is 128 cm³/mol. The highest BCUT2D eigenvalue weighted by molar-refractivity contribution is 7.92. The van der Waals surface area contributed by atoms with Crippen molar-refractivity contribution in [3.63, 3.8) is 0 Å². The lowest BCUT2D eigenvalue weighted by Gasteiger charge is -2.24. The van der Waals surface area contributed by atoms with E-state index in [1.165, 1.54) is 49.7 Å². The molecule has 3 aromatic carbocycles. The molecule has 0 aliphatic rings. The van der Waals surface area contributed by atoms with Crippen LogP contribution in [0.3, 0.4) is 0 Å². The summed E-state index contributed by atoms with van der Waals surface area (Å²) in [6.45, 7) is 1.33. The number of methoxy groups -OCH3 is 1. The van der Waals surface area contributed by atoms with E-state index < -0.39 is 28.4 Å². The Morgan fingerprint density at radius 3 is 2.18 bits per heavy atom. The highest BCUT2D eigenvalue weighted by Gasteiger charge is 2.27. The van der Waals surface area contributed by atoms with Gasteiger partial charge in [-0.3, -0.25) is 9.10 Å². The van der Waals surface area contributed by atoms with Crippen LogP contribution < -0.4 is 14.5 Å². The van der Waals surface area contributed by atoms with Gasteiger partial charge in [0.15, 0.2) is 0 Å². The first-order chi connectivity index (χ1) is 16.2. The Bertz CT molecular complexity index is 1290. The zero-order chi connectivity index (χ0) is 24.7. The smallest absolute Gasteiger partial charge is 0.335 e. The van der Waals surface area contributed by atoms with Crippen LogP contribution in [0, 0.1) is 6.92 Å². The molecule has 3 rings (SSSR count). The number of nitrogens with one attached hydrogen (secondary N) is 1. The zero-order valence-electron chi connectivity index (χ0n) is 18.5. The van der Waals surface area contributed by atoms with Gasteiger partial charge in [-0.2, -0.15) is 5.10 Å². The highest BCUT2D eigenvalue weighted by Crippen LogP contribution is 2.26. The number of carbonyl (C=O) groups excluding carboxylic acids is 1. The summed E-state index contributed by atoms with van der Waals surface area (Å²) in [5, 5.41) is 12.8. The molecule has 0 atom stereocenters. The third kappa shape index (κ3) is 5.99. The lowest BCUT2D eigenvalue weighted by Crippen LogP contribution is -2.39. The number of aromatic carboxylic acids is 1. The van der Waals surface area contributed by atoms with E-state index >= 15 is 0 Å². The molecule has 0 saturated carbocycles. The topological polar surface area (TPSA) is 125 Å². The van der Waals surface area contributed by atoms with Gasteiger partial charge in [0.2, 0.25) is 0 Å². The maximum Gasteiger partial charge on any atom is 0.335 e. The van der Waals surface area contributed by atoms with Gasteiger partial charge in [0.1, 0.15) is 12.3 Å². The number of nitrogens with zero attached hydrogens (tertiary/aromatic N) is 2. The van der Waals surface area contributed by atoms with Gasteiger partial charge in [-0.25, -0.2) is 18.6 Å². The molecule has 2 N–H and O–H groups in total. The summed E-state index contributed by atoms with van der Waals surface area (Å²) < 4.78 is 32.8. The van der Waals surface area contributed by atoms with Crippen LogP contribution in [-0.4, -0.2) is 45.3 Å². The van der Waals surface area contributed by atoms with Gasteiger partial charge in [0.25, 0.3) is 15.9 Å². The first-order valence-corrected chi connectivity index (χ1v) is 11.5. The number of amides is 1. The van der Waals surface area contributed by atoms with E-state index in [-0.39, 0.29) is 16.1 Å². The summed E-state index contributed by atoms with van der Waals surface area (Å²) >= 11 is 0. The van der Waals surface area contributed by atoms with Gasteiger partial charge >= 0.3 is 5.97 Å². The number of hydrogen-bond acceptors (Lipinski definition) is 6. The van der Waals surface area contributed by atoms with Gasteiger partial charge in [0.05, 0.1) is 29.5 Å². The van der Waals surface area contributed by atoms with Crippen molar-refractivity contribution >= 4 is 33.8 Å². The van der Waals surface area contributed by atoms with E-state index in [0.29, 0.717) is 11.3 Å². The van der Waals surface area contributed by atoms with Crippen LogP contribution in [0.2, 0.25) is 0 Å². The van der Waals surface area contributed by atoms with Gasteiger partial charge in [0, 0.05) is 0 Å². The fourth-order valence-electron chi connectivity index (χ4n) is 2.96. The molecule has 10 heteroatoms.